The first kappa shape index (κ1) is 14.0. The van der Waals surface area contributed by atoms with Crippen LogP contribution in [0, 0.1) is 10.1 Å². The minimum absolute atomic E-state index is 0.0756. The van der Waals surface area contributed by atoms with Gasteiger partial charge in [-0.15, -0.1) is 0 Å². The van der Waals surface area contributed by atoms with Crippen LogP contribution in [0.5, 0.6) is 0 Å². The number of nitrogens with zero attached hydrogens (tertiary/aromatic N) is 1. The van der Waals surface area contributed by atoms with Crippen molar-refractivity contribution in [2.45, 2.75) is 24.9 Å². The number of hydrogen-bond donors (Lipinski definition) is 1. The van der Waals surface area contributed by atoms with Crippen LogP contribution < -0.4 is 5.32 Å². The Hall–Kier alpha value is -1.91. The van der Waals surface area contributed by atoms with Crippen molar-refractivity contribution < 1.29 is 4.92 Å². The fourth-order valence-electron chi connectivity index (χ4n) is 2.54. The molecule has 1 fully saturated rings. The summed E-state index contributed by atoms with van der Waals surface area (Å²) in [7, 11) is 0. The average Bonchev–Trinajstić information content (AvgIpc) is 3.27. The van der Waals surface area contributed by atoms with Gasteiger partial charge in [0.25, 0.3) is 5.69 Å². The molecule has 5 heteroatoms. The molecule has 3 rings (SSSR count). The summed E-state index contributed by atoms with van der Waals surface area (Å²) < 4.78 is 0. The topological polar surface area (TPSA) is 55.2 Å². The zero-order valence-corrected chi connectivity index (χ0v) is 12.1. The number of benzene rings is 2. The predicted molar refractivity (Wildman–Crippen MR) is 82.5 cm³/mol. The normalized spacial score (nSPS) is 20.2. The second kappa shape index (κ2) is 5.84. The summed E-state index contributed by atoms with van der Waals surface area (Å²) in [5.74, 6) is 0.531. The van der Waals surface area contributed by atoms with Crippen molar-refractivity contribution in [1.29, 1.82) is 0 Å². The molecule has 108 valence electrons. The van der Waals surface area contributed by atoms with Crippen molar-refractivity contribution in [3.05, 3.63) is 74.8 Å². The van der Waals surface area contributed by atoms with Gasteiger partial charge in [0, 0.05) is 35.7 Å². The second-order valence-corrected chi connectivity index (χ2v) is 5.68. The second-order valence-electron chi connectivity index (χ2n) is 5.27. The Balaban J connectivity index is 1.62. The lowest BCUT2D eigenvalue weighted by Gasteiger charge is -2.06. The number of nitrogens with one attached hydrogen (secondary N) is 1. The summed E-state index contributed by atoms with van der Waals surface area (Å²) in [5.41, 5.74) is 2.18. The van der Waals surface area contributed by atoms with E-state index in [9.17, 15) is 10.1 Å². The van der Waals surface area contributed by atoms with Gasteiger partial charge in [-0.25, -0.2) is 0 Å². The SMILES string of the molecule is O=[N+]([O-])c1ccc(Cl)c(CNC2CC2c2ccccc2)c1. The summed E-state index contributed by atoms with van der Waals surface area (Å²) >= 11 is 6.10. The Morgan fingerprint density at radius 3 is 2.71 bits per heavy atom. The van der Waals surface area contributed by atoms with E-state index in [0.717, 1.165) is 12.0 Å². The molecule has 2 unspecified atom stereocenters. The van der Waals surface area contributed by atoms with Crippen LogP contribution in [0.3, 0.4) is 0 Å². The molecule has 1 aliphatic carbocycles. The van der Waals surface area contributed by atoms with E-state index in [1.807, 2.05) is 18.2 Å². The van der Waals surface area contributed by atoms with Gasteiger partial charge in [-0.3, -0.25) is 10.1 Å². The van der Waals surface area contributed by atoms with E-state index < -0.39 is 4.92 Å². The zero-order valence-electron chi connectivity index (χ0n) is 11.3. The third-order valence-electron chi connectivity index (χ3n) is 3.81. The van der Waals surface area contributed by atoms with Gasteiger partial charge in [0.05, 0.1) is 4.92 Å². The van der Waals surface area contributed by atoms with Gasteiger partial charge >= 0.3 is 0 Å². The molecule has 0 heterocycles. The van der Waals surface area contributed by atoms with Crippen LogP contribution in [0.2, 0.25) is 5.02 Å². The summed E-state index contributed by atoms with van der Waals surface area (Å²) in [6, 6.07) is 15.3. The smallest absolute Gasteiger partial charge is 0.269 e. The van der Waals surface area contributed by atoms with Crippen molar-refractivity contribution in [2.24, 2.45) is 0 Å². The molecule has 1 saturated carbocycles. The van der Waals surface area contributed by atoms with Crippen LogP contribution >= 0.6 is 11.6 Å². The van der Waals surface area contributed by atoms with Gasteiger partial charge in [0.15, 0.2) is 0 Å². The number of hydrogen-bond acceptors (Lipinski definition) is 3. The first-order valence-corrected chi connectivity index (χ1v) is 7.24. The Morgan fingerprint density at radius 1 is 1.24 bits per heavy atom. The van der Waals surface area contributed by atoms with Crippen LogP contribution in [0.15, 0.2) is 48.5 Å². The molecule has 2 aromatic carbocycles. The molecule has 21 heavy (non-hydrogen) atoms. The van der Waals surface area contributed by atoms with E-state index in [2.05, 4.69) is 17.4 Å². The van der Waals surface area contributed by atoms with Crippen LogP contribution in [0.1, 0.15) is 23.5 Å². The standard InChI is InChI=1S/C16H15ClN2O2/c17-15-7-6-13(19(20)21)8-12(15)10-18-16-9-14(16)11-4-2-1-3-5-11/h1-8,14,16,18H,9-10H2. The largest absolute Gasteiger partial charge is 0.309 e. The molecule has 2 aromatic rings. The van der Waals surface area contributed by atoms with Gasteiger partial charge in [-0.1, -0.05) is 41.9 Å². The van der Waals surface area contributed by atoms with Crippen LogP contribution in [0.4, 0.5) is 5.69 Å². The number of nitro benzene ring substituents is 1. The molecule has 4 nitrogen and oxygen atoms in total. The molecule has 0 aromatic heterocycles. The highest BCUT2D eigenvalue weighted by molar-refractivity contribution is 6.31. The lowest BCUT2D eigenvalue weighted by molar-refractivity contribution is -0.384. The lowest BCUT2D eigenvalue weighted by atomic mass is 10.1. The fraction of sp³-hybridized carbons (Fsp3) is 0.250. The molecular formula is C16H15ClN2O2. The van der Waals surface area contributed by atoms with Gasteiger partial charge < -0.3 is 5.32 Å². The monoisotopic (exact) mass is 302 g/mol. The van der Waals surface area contributed by atoms with E-state index in [-0.39, 0.29) is 5.69 Å². The van der Waals surface area contributed by atoms with Crippen molar-refractivity contribution in [3.63, 3.8) is 0 Å². The molecule has 0 amide bonds. The van der Waals surface area contributed by atoms with E-state index in [1.165, 1.54) is 17.7 Å². The first-order valence-electron chi connectivity index (χ1n) is 6.86. The molecule has 2 atom stereocenters. The van der Waals surface area contributed by atoms with Crippen molar-refractivity contribution in [1.82, 2.24) is 5.32 Å². The molecule has 0 spiro atoms. The van der Waals surface area contributed by atoms with E-state index >= 15 is 0 Å². The van der Waals surface area contributed by atoms with Crippen molar-refractivity contribution in [2.75, 3.05) is 0 Å². The molecular weight excluding hydrogens is 288 g/mol. The van der Waals surface area contributed by atoms with Crippen LogP contribution in [-0.2, 0) is 6.54 Å². The summed E-state index contributed by atoms with van der Waals surface area (Å²) in [6.07, 6.45) is 1.09. The van der Waals surface area contributed by atoms with Gasteiger partial charge in [-0.05, 0) is 23.6 Å². The highest BCUT2D eigenvalue weighted by Gasteiger charge is 2.37. The molecule has 0 radical (unpaired) electrons. The minimum atomic E-state index is -0.399. The summed E-state index contributed by atoms with van der Waals surface area (Å²) in [4.78, 5) is 10.4. The third kappa shape index (κ3) is 3.23. The quantitative estimate of drug-likeness (QED) is 0.673. The van der Waals surface area contributed by atoms with Gasteiger partial charge in [0.1, 0.15) is 0 Å². The number of non-ortho nitro benzene ring substituents is 1. The van der Waals surface area contributed by atoms with Crippen LogP contribution in [0.25, 0.3) is 0 Å². The number of rotatable bonds is 5. The van der Waals surface area contributed by atoms with Gasteiger partial charge in [0.2, 0.25) is 0 Å². The maximum atomic E-state index is 10.8. The maximum Gasteiger partial charge on any atom is 0.269 e. The predicted octanol–water partition coefficient (Wildman–Crippen LogP) is 3.89. The minimum Gasteiger partial charge on any atom is -0.309 e. The van der Waals surface area contributed by atoms with Crippen LogP contribution in [-0.4, -0.2) is 11.0 Å². The molecule has 1 N–H and O–H groups in total. The average molecular weight is 303 g/mol. The Labute approximate surface area is 127 Å². The maximum absolute atomic E-state index is 10.8. The Morgan fingerprint density at radius 2 is 2.00 bits per heavy atom. The fourth-order valence-corrected chi connectivity index (χ4v) is 2.72. The molecule has 0 bridgehead atoms. The number of halogens is 1. The zero-order chi connectivity index (χ0) is 14.8. The van der Waals surface area contributed by atoms with E-state index in [4.69, 9.17) is 11.6 Å². The molecule has 0 aliphatic heterocycles. The van der Waals surface area contributed by atoms with Gasteiger partial charge in [-0.2, -0.15) is 0 Å². The third-order valence-corrected chi connectivity index (χ3v) is 4.18. The Kier molecular flexibility index (Phi) is 3.90. The Bertz CT molecular complexity index is 661. The van der Waals surface area contributed by atoms with Crippen molar-refractivity contribution in [3.8, 4) is 0 Å². The summed E-state index contributed by atoms with van der Waals surface area (Å²) in [5, 5.41) is 14.8. The van der Waals surface area contributed by atoms with Crippen molar-refractivity contribution >= 4 is 17.3 Å². The molecule has 1 aliphatic rings. The first-order chi connectivity index (χ1) is 10.1. The molecule has 0 saturated heterocycles. The van der Waals surface area contributed by atoms with E-state index in [0.29, 0.717) is 23.5 Å². The number of nitro groups is 1. The lowest BCUT2D eigenvalue weighted by Crippen LogP contribution is -2.17. The summed E-state index contributed by atoms with van der Waals surface area (Å²) in [6.45, 7) is 0.550. The highest BCUT2D eigenvalue weighted by Crippen LogP contribution is 2.40. The highest BCUT2D eigenvalue weighted by atomic mass is 35.5. The van der Waals surface area contributed by atoms with E-state index in [1.54, 1.807) is 6.07 Å².